The molecule has 0 aromatic heterocycles. The van der Waals surface area contributed by atoms with E-state index in [9.17, 15) is 9.59 Å². The third-order valence-electron chi connectivity index (χ3n) is 4.28. The minimum absolute atomic E-state index is 0.0406. The van der Waals surface area contributed by atoms with Crippen LogP contribution in [0.1, 0.15) is 58.4 Å². The van der Waals surface area contributed by atoms with E-state index in [1.54, 1.807) is 20.8 Å². The fourth-order valence-corrected chi connectivity index (χ4v) is 3.03. The molecule has 1 aromatic carbocycles. The summed E-state index contributed by atoms with van der Waals surface area (Å²) in [7, 11) is 2.03. The molecular formula is C21H30BNO4. The lowest BCUT2D eigenvalue weighted by atomic mass is 9.94. The second-order valence-electron chi connectivity index (χ2n) is 8.09. The summed E-state index contributed by atoms with van der Waals surface area (Å²) in [5.41, 5.74) is 1.60. The molecule has 1 aliphatic carbocycles. The SMILES string of the molecule is Bc1cccc(/C=C/C[C@H](NC(=O)OC(C)(C)C)C(=O)OC2CCCC2)c1. The van der Waals surface area contributed by atoms with E-state index in [0.29, 0.717) is 6.42 Å². The molecule has 0 aliphatic heterocycles. The fourth-order valence-electron chi connectivity index (χ4n) is 3.03. The Balaban J connectivity index is 2.00. The van der Waals surface area contributed by atoms with Crippen LogP contribution in [0.25, 0.3) is 6.08 Å². The van der Waals surface area contributed by atoms with E-state index in [4.69, 9.17) is 9.47 Å². The van der Waals surface area contributed by atoms with Gasteiger partial charge in [0.25, 0.3) is 0 Å². The Kier molecular flexibility index (Phi) is 7.51. The molecule has 146 valence electrons. The number of esters is 1. The molecule has 1 amide bonds. The maximum atomic E-state index is 12.6. The predicted molar refractivity (Wildman–Crippen MR) is 110 cm³/mol. The van der Waals surface area contributed by atoms with E-state index in [0.717, 1.165) is 31.2 Å². The van der Waals surface area contributed by atoms with Gasteiger partial charge in [-0.3, -0.25) is 0 Å². The van der Waals surface area contributed by atoms with Crippen LogP contribution in [-0.2, 0) is 14.3 Å². The number of hydrogen-bond donors (Lipinski definition) is 1. The molecule has 1 aliphatic rings. The van der Waals surface area contributed by atoms with Gasteiger partial charge in [-0.1, -0.05) is 41.9 Å². The van der Waals surface area contributed by atoms with Crippen molar-refractivity contribution < 1.29 is 19.1 Å². The molecule has 1 saturated carbocycles. The van der Waals surface area contributed by atoms with Crippen LogP contribution in [0.3, 0.4) is 0 Å². The Morgan fingerprint density at radius 1 is 1.30 bits per heavy atom. The molecule has 0 heterocycles. The summed E-state index contributed by atoms with van der Waals surface area (Å²) in [5.74, 6) is -0.401. The number of carbonyl (C=O) groups excluding carboxylic acids is 2. The predicted octanol–water partition coefficient (Wildman–Crippen LogP) is 2.73. The number of alkyl carbamates (subject to hydrolysis) is 1. The molecular weight excluding hydrogens is 341 g/mol. The molecule has 0 unspecified atom stereocenters. The van der Waals surface area contributed by atoms with Crippen molar-refractivity contribution >= 4 is 31.4 Å². The van der Waals surface area contributed by atoms with E-state index in [1.807, 2.05) is 38.2 Å². The Morgan fingerprint density at radius 3 is 2.63 bits per heavy atom. The van der Waals surface area contributed by atoms with Crippen LogP contribution in [0, 0.1) is 0 Å². The fraction of sp³-hybridized carbons (Fsp3) is 0.524. The first-order valence-corrected chi connectivity index (χ1v) is 9.66. The van der Waals surface area contributed by atoms with Crippen molar-refractivity contribution in [3.8, 4) is 0 Å². The van der Waals surface area contributed by atoms with Crippen molar-refractivity contribution in [3.05, 3.63) is 35.9 Å². The van der Waals surface area contributed by atoms with Gasteiger partial charge in [-0.25, -0.2) is 9.59 Å². The van der Waals surface area contributed by atoms with Crippen LogP contribution in [0.2, 0.25) is 0 Å². The van der Waals surface area contributed by atoms with Gasteiger partial charge >= 0.3 is 12.1 Å². The van der Waals surface area contributed by atoms with Crippen LogP contribution < -0.4 is 10.8 Å². The molecule has 1 aromatic rings. The number of benzene rings is 1. The molecule has 6 heteroatoms. The van der Waals surface area contributed by atoms with Gasteiger partial charge in [-0.15, -0.1) is 0 Å². The summed E-state index contributed by atoms with van der Waals surface area (Å²) in [5, 5.41) is 2.66. The first-order valence-electron chi connectivity index (χ1n) is 9.66. The number of hydrogen-bond acceptors (Lipinski definition) is 4. The molecule has 0 spiro atoms. The molecule has 0 radical (unpaired) electrons. The van der Waals surface area contributed by atoms with Gasteiger partial charge in [0.1, 0.15) is 25.6 Å². The maximum Gasteiger partial charge on any atom is 0.408 e. The third-order valence-corrected chi connectivity index (χ3v) is 4.28. The summed E-state index contributed by atoms with van der Waals surface area (Å²) in [6.45, 7) is 5.36. The van der Waals surface area contributed by atoms with Crippen LogP contribution >= 0.6 is 0 Å². The lowest BCUT2D eigenvalue weighted by Gasteiger charge is -2.23. The highest BCUT2D eigenvalue weighted by atomic mass is 16.6. The summed E-state index contributed by atoms with van der Waals surface area (Å²) in [6, 6.07) is 7.31. The minimum Gasteiger partial charge on any atom is -0.461 e. The minimum atomic E-state index is -0.762. The second-order valence-corrected chi connectivity index (χ2v) is 8.09. The average molecular weight is 371 g/mol. The largest absolute Gasteiger partial charge is 0.461 e. The molecule has 0 saturated heterocycles. The number of ether oxygens (including phenoxy) is 2. The van der Waals surface area contributed by atoms with Crippen molar-refractivity contribution in [1.29, 1.82) is 0 Å². The molecule has 1 N–H and O–H groups in total. The number of rotatable bonds is 6. The zero-order chi connectivity index (χ0) is 19.9. The van der Waals surface area contributed by atoms with Crippen molar-refractivity contribution in [2.24, 2.45) is 0 Å². The first-order chi connectivity index (χ1) is 12.7. The van der Waals surface area contributed by atoms with Gasteiger partial charge in [0.15, 0.2) is 0 Å². The normalized spacial score (nSPS) is 16.3. The third kappa shape index (κ3) is 7.89. The van der Waals surface area contributed by atoms with Gasteiger partial charge in [0.2, 0.25) is 0 Å². The smallest absolute Gasteiger partial charge is 0.408 e. The second kappa shape index (κ2) is 9.63. The topological polar surface area (TPSA) is 64.6 Å². The lowest BCUT2D eigenvalue weighted by Crippen LogP contribution is -2.44. The summed E-state index contributed by atoms with van der Waals surface area (Å²) < 4.78 is 10.9. The van der Waals surface area contributed by atoms with Crippen molar-refractivity contribution in [2.75, 3.05) is 0 Å². The van der Waals surface area contributed by atoms with Gasteiger partial charge in [-0.05, 0) is 58.4 Å². The van der Waals surface area contributed by atoms with Crippen molar-refractivity contribution in [1.82, 2.24) is 5.32 Å². The van der Waals surface area contributed by atoms with Crippen LogP contribution in [-0.4, -0.2) is 37.7 Å². The Hall–Kier alpha value is -2.24. The van der Waals surface area contributed by atoms with E-state index >= 15 is 0 Å². The van der Waals surface area contributed by atoms with Crippen LogP contribution in [0.4, 0.5) is 4.79 Å². The van der Waals surface area contributed by atoms with Crippen LogP contribution in [0.5, 0.6) is 0 Å². The van der Waals surface area contributed by atoms with E-state index in [1.165, 1.54) is 5.46 Å². The highest BCUT2D eigenvalue weighted by Crippen LogP contribution is 2.21. The molecule has 0 bridgehead atoms. The average Bonchev–Trinajstić information content (AvgIpc) is 3.05. The number of nitrogens with one attached hydrogen (secondary N) is 1. The summed E-state index contributed by atoms with van der Waals surface area (Å²) in [6.07, 6.45) is 7.46. The van der Waals surface area contributed by atoms with Gasteiger partial charge in [0, 0.05) is 0 Å². The highest BCUT2D eigenvalue weighted by molar-refractivity contribution is 6.32. The van der Waals surface area contributed by atoms with Crippen molar-refractivity contribution in [2.45, 2.75) is 70.6 Å². The van der Waals surface area contributed by atoms with E-state index in [-0.39, 0.29) is 6.10 Å². The molecule has 27 heavy (non-hydrogen) atoms. The first kappa shape index (κ1) is 21.1. The van der Waals surface area contributed by atoms with Gasteiger partial charge in [-0.2, -0.15) is 0 Å². The summed E-state index contributed by atoms with van der Waals surface area (Å²) in [4.78, 5) is 24.7. The number of amides is 1. The number of carbonyl (C=O) groups is 2. The molecule has 2 rings (SSSR count). The Labute approximate surface area is 162 Å². The zero-order valence-electron chi connectivity index (χ0n) is 16.8. The van der Waals surface area contributed by atoms with E-state index < -0.39 is 23.7 Å². The maximum absolute atomic E-state index is 12.6. The van der Waals surface area contributed by atoms with Gasteiger partial charge < -0.3 is 14.8 Å². The highest BCUT2D eigenvalue weighted by Gasteiger charge is 2.27. The summed E-state index contributed by atoms with van der Waals surface area (Å²) >= 11 is 0. The van der Waals surface area contributed by atoms with Crippen LogP contribution in [0.15, 0.2) is 30.3 Å². The zero-order valence-corrected chi connectivity index (χ0v) is 16.8. The standard InChI is InChI=1S/C21H30BNO4/c1-21(2,3)27-20(25)23-18(19(24)26-17-11-4-5-12-17)13-7-9-15-8-6-10-16(22)14-15/h6-10,14,17-18H,4-5,11-13,22H2,1-3H3,(H,23,25)/b9-7+/t18-/m0/s1. The Morgan fingerprint density at radius 2 is 2.00 bits per heavy atom. The van der Waals surface area contributed by atoms with Crippen molar-refractivity contribution in [3.63, 3.8) is 0 Å². The molecule has 1 atom stereocenters. The quantitative estimate of drug-likeness (QED) is 0.617. The lowest BCUT2D eigenvalue weighted by molar-refractivity contribution is -0.151. The Bertz CT molecular complexity index is 675. The monoisotopic (exact) mass is 371 g/mol. The molecule has 5 nitrogen and oxygen atoms in total. The van der Waals surface area contributed by atoms with E-state index in [2.05, 4.69) is 11.4 Å². The van der Waals surface area contributed by atoms with Gasteiger partial charge in [0.05, 0.1) is 0 Å². The molecule has 1 fully saturated rings.